The molecule has 76 valence electrons. The van der Waals surface area contributed by atoms with Gasteiger partial charge >= 0.3 is 21.1 Å². The smallest absolute Gasteiger partial charge is 1.00 e. The maximum Gasteiger partial charge on any atom is 2.00 e. The third kappa shape index (κ3) is 95.4. The Kier molecular flexibility index (Phi) is 117. The Bertz CT molecular complexity index is 28.1. The number of rotatable bonds is 2. The fraction of sp³-hybridized carbons (Fsp3) is 1.00. The van der Waals surface area contributed by atoms with Gasteiger partial charge in [-0.2, -0.15) is 0 Å². The largest absolute Gasteiger partial charge is 2.00 e. The van der Waals surface area contributed by atoms with Crippen molar-refractivity contribution in [3.63, 3.8) is 0 Å². The summed E-state index contributed by atoms with van der Waals surface area (Å²) in [5, 5.41) is 0. The van der Waals surface area contributed by atoms with E-state index < -0.39 is 0 Å². The molecule has 0 rings (SSSR count). The van der Waals surface area contributed by atoms with Crippen molar-refractivity contribution < 1.29 is 45.9 Å². The van der Waals surface area contributed by atoms with Crippen LogP contribution in [0.25, 0.3) is 0 Å². The Morgan fingerprint density at radius 1 is 0.545 bits per heavy atom. The minimum Gasteiger partial charge on any atom is -1.00 e. The van der Waals surface area contributed by atoms with Crippen LogP contribution in [-0.2, 0) is 21.1 Å². The van der Waals surface area contributed by atoms with E-state index in [4.69, 9.17) is 22.9 Å². The summed E-state index contributed by atoms with van der Waals surface area (Å²) in [6.45, 7) is 2.39. The molecule has 0 aromatic rings. The summed E-state index contributed by atoms with van der Waals surface area (Å²) in [7, 11) is 0. The maximum atomic E-state index is 4.90. The van der Waals surface area contributed by atoms with Crippen molar-refractivity contribution in [1.29, 1.82) is 0 Å². The number of halogens is 2. The van der Waals surface area contributed by atoms with Crippen LogP contribution in [0.1, 0.15) is 0 Å². The summed E-state index contributed by atoms with van der Waals surface area (Å²) < 4.78 is 0. The van der Waals surface area contributed by atoms with E-state index >= 15 is 0 Å². The molecule has 0 heterocycles. The predicted molar refractivity (Wildman–Crippen MR) is 36.2 cm³/mol. The van der Waals surface area contributed by atoms with E-state index in [1.54, 1.807) is 0 Å². The molecule has 7 heteroatoms. The molecule has 11 heavy (non-hydrogen) atoms. The topological polar surface area (TPSA) is 104 Å². The second kappa shape index (κ2) is 43.5. The van der Waals surface area contributed by atoms with E-state index in [0.717, 1.165) is 0 Å². The second-order valence-corrected chi connectivity index (χ2v) is 1.15. The van der Waals surface area contributed by atoms with Gasteiger partial charge in [0.15, 0.2) is 0 Å². The zero-order valence-corrected chi connectivity index (χ0v) is 9.99. The van der Waals surface area contributed by atoms with E-state index in [-0.39, 0.29) is 45.9 Å². The van der Waals surface area contributed by atoms with E-state index in [9.17, 15) is 0 Å². The molecule has 8 N–H and O–H groups in total. The molecular weight excluding hydrogens is 370 g/mol. The molecule has 0 spiro atoms. The quantitative estimate of drug-likeness (QED) is 0.379. The summed E-state index contributed by atoms with van der Waals surface area (Å²) >= 11 is 0. The van der Waals surface area contributed by atoms with Gasteiger partial charge in [-0.3, -0.25) is 0 Å². The van der Waals surface area contributed by atoms with E-state index in [1.165, 1.54) is 0 Å². The van der Waals surface area contributed by atoms with Gasteiger partial charge in [0.25, 0.3) is 0 Å². The Balaban J connectivity index is -0.0000000171. The molecule has 0 aliphatic heterocycles. The van der Waals surface area contributed by atoms with Crippen molar-refractivity contribution in [1.82, 2.24) is 0 Å². The standard InChI is InChI=1S/2C2H8N2.2ClH.Pt/c2*3-1-2-4;;;/h2*1-4H2;2*1H;/q;;;;+2/p-2. The SMILES string of the molecule is NCCN.NCCN.[Cl-].[Cl-].[Pt+2]. The van der Waals surface area contributed by atoms with Crippen molar-refractivity contribution in [2.75, 3.05) is 26.2 Å². The van der Waals surface area contributed by atoms with Crippen LogP contribution >= 0.6 is 0 Å². The third-order valence-electron chi connectivity index (χ3n) is 0.333. The molecule has 0 amide bonds. The first kappa shape index (κ1) is 29.6. The zero-order valence-electron chi connectivity index (χ0n) is 6.21. The molecule has 0 aliphatic rings. The minimum absolute atomic E-state index is 0. The molecule has 0 saturated heterocycles. The van der Waals surface area contributed by atoms with Crippen molar-refractivity contribution in [3.05, 3.63) is 0 Å². The maximum absolute atomic E-state index is 4.90. The summed E-state index contributed by atoms with van der Waals surface area (Å²) in [6, 6.07) is 0. The molecule has 0 radical (unpaired) electrons. The van der Waals surface area contributed by atoms with Crippen LogP contribution in [0.5, 0.6) is 0 Å². The minimum atomic E-state index is 0. The fourth-order valence-corrected chi connectivity index (χ4v) is 0. The molecule has 0 saturated carbocycles. The molecule has 0 aliphatic carbocycles. The number of hydrogen-bond acceptors (Lipinski definition) is 4. The second-order valence-electron chi connectivity index (χ2n) is 1.15. The Morgan fingerprint density at radius 2 is 0.636 bits per heavy atom. The van der Waals surface area contributed by atoms with Gasteiger partial charge in [-0.15, -0.1) is 0 Å². The first-order chi connectivity index (χ1) is 3.83. The molecule has 0 aromatic heterocycles. The van der Waals surface area contributed by atoms with Gasteiger partial charge in [-0.25, -0.2) is 0 Å². The van der Waals surface area contributed by atoms with Gasteiger partial charge in [-0.05, 0) is 0 Å². The van der Waals surface area contributed by atoms with Gasteiger partial charge in [0, 0.05) is 26.2 Å². The first-order valence-electron chi connectivity index (χ1n) is 2.63. The van der Waals surface area contributed by atoms with Crippen LogP contribution in [0.15, 0.2) is 0 Å². The molecule has 0 aromatic carbocycles. The average Bonchev–Trinajstić information content (AvgIpc) is 1.88. The van der Waals surface area contributed by atoms with E-state index in [1.807, 2.05) is 0 Å². The summed E-state index contributed by atoms with van der Waals surface area (Å²) in [4.78, 5) is 0. The molecule has 0 fully saturated rings. The molecule has 0 bridgehead atoms. The van der Waals surface area contributed by atoms with Crippen LogP contribution in [0, 0.1) is 0 Å². The monoisotopic (exact) mass is 385 g/mol. The summed E-state index contributed by atoms with van der Waals surface area (Å²) in [5.41, 5.74) is 19.6. The predicted octanol–water partition coefficient (Wildman–Crippen LogP) is -8.19. The van der Waals surface area contributed by atoms with Gasteiger partial charge in [-0.1, -0.05) is 0 Å². The average molecular weight is 386 g/mol. The Morgan fingerprint density at radius 3 is 0.636 bits per heavy atom. The van der Waals surface area contributed by atoms with Gasteiger partial charge in [0.1, 0.15) is 0 Å². The van der Waals surface area contributed by atoms with E-state index in [0.29, 0.717) is 26.2 Å². The molecule has 0 unspecified atom stereocenters. The van der Waals surface area contributed by atoms with Crippen LogP contribution in [-0.4, -0.2) is 26.2 Å². The van der Waals surface area contributed by atoms with Crippen molar-refractivity contribution in [3.8, 4) is 0 Å². The molecule has 4 nitrogen and oxygen atoms in total. The van der Waals surface area contributed by atoms with Gasteiger partial charge in [0.05, 0.1) is 0 Å². The van der Waals surface area contributed by atoms with Crippen molar-refractivity contribution in [2.24, 2.45) is 22.9 Å². The Labute approximate surface area is 94.9 Å². The number of hydrogen-bond donors (Lipinski definition) is 4. The first-order valence-corrected chi connectivity index (χ1v) is 2.63. The van der Waals surface area contributed by atoms with Crippen molar-refractivity contribution in [2.45, 2.75) is 0 Å². The zero-order chi connectivity index (χ0) is 6.83. The third-order valence-corrected chi connectivity index (χ3v) is 0.333. The normalized spacial score (nSPS) is 5.45. The van der Waals surface area contributed by atoms with Crippen LogP contribution < -0.4 is 47.7 Å². The van der Waals surface area contributed by atoms with Crippen LogP contribution in [0.2, 0.25) is 0 Å². The van der Waals surface area contributed by atoms with Crippen molar-refractivity contribution >= 4 is 0 Å². The van der Waals surface area contributed by atoms with Crippen LogP contribution in [0.3, 0.4) is 0 Å². The summed E-state index contributed by atoms with van der Waals surface area (Å²) in [5.74, 6) is 0. The Hall–Kier alpha value is 1.11. The van der Waals surface area contributed by atoms with Crippen LogP contribution in [0.4, 0.5) is 0 Å². The van der Waals surface area contributed by atoms with Gasteiger partial charge in [0.2, 0.25) is 0 Å². The molecule has 0 atom stereocenters. The fourth-order valence-electron chi connectivity index (χ4n) is 0. The number of nitrogens with two attached hydrogens (primary N) is 4. The van der Waals surface area contributed by atoms with Gasteiger partial charge < -0.3 is 47.7 Å². The summed E-state index contributed by atoms with van der Waals surface area (Å²) in [6.07, 6.45) is 0. The van der Waals surface area contributed by atoms with E-state index in [2.05, 4.69) is 0 Å². The molecular formula is C4H16Cl2N4Pt.